The summed E-state index contributed by atoms with van der Waals surface area (Å²) in [6.45, 7) is 0.471. The summed E-state index contributed by atoms with van der Waals surface area (Å²) in [5.74, 6) is 0. The highest BCUT2D eigenvalue weighted by atomic mass is 32.2. The van der Waals surface area contributed by atoms with Crippen molar-refractivity contribution in [1.82, 2.24) is 28.5 Å². The van der Waals surface area contributed by atoms with Gasteiger partial charge in [0.15, 0.2) is 0 Å². The van der Waals surface area contributed by atoms with E-state index in [4.69, 9.17) is 9.47 Å². The first-order chi connectivity index (χ1) is 12.3. The second kappa shape index (κ2) is 9.89. The fourth-order valence-corrected chi connectivity index (χ4v) is 3.68. The van der Waals surface area contributed by atoms with E-state index in [2.05, 4.69) is 18.7 Å². The maximum absolute atomic E-state index is 11.6. The van der Waals surface area contributed by atoms with Gasteiger partial charge in [0.1, 0.15) is 13.2 Å². The number of aromatic nitrogens is 4. The van der Waals surface area contributed by atoms with Crippen LogP contribution in [0.25, 0.3) is 0 Å². The zero-order chi connectivity index (χ0) is 19.1. The fourth-order valence-electron chi connectivity index (χ4n) is 1.19. The molecule has 0 aliphatic heterocycles. The van der Waals surface area contributed by atoms with Gasteiger partial charge in [-0.1, -0.05) is 0 Å². The van der Waals surface area contributed by atoms with Crippen LogP contribution in [0.3, 0.4) is 0 Å². The second-order valence-corrected chi connectivity index (χ2v) is 8.17. The van der Waals surface area contributed by atoms with E-state index >= 15 is 0 Å². The van der Waals surface area contributed by atoms with Gasteiger partial charge < -0.3 is 19.3 Å². The Labute approximate surface area is 166 Å². The Morgan fingerprint density at radius 2 is 1.23 bits per heavy atom. The zero-order valence-corrected chi connectivity index (χ0v) is 17.6. The van der Waals surface area contributed by atoms with Gasteiger partial charge in [-0.05, 0) is 0 Å². The Morgan fingerprint density at radius 3 is 1.58 bits per heavy atom. The highest BCUT2D eigenvalue weighted by Crippen LogP contribution is 2.24. The van der Waals surface area contributed by atoms with Gasteiger partial charge in [-0.25, -0.2) is 0 Å². The molecular formula is C12H16N6O4S4. The third-order valence-corrected chi connectivity index (χ3v) is 5.70. The van der Waals surface area contributed by atoms with E-state index in [-0.39, 0.29) is 23.7 Å². The smallest absolute Gasteiger partial charge is 0.294 e. The molecule has 10 nitrogen and oxygen atoms in total. The molecule has 14 heteroatoms. The van der Waals surface area contributed by atoms with E-state index in [0.717, 1.165) is 46.6 Å². The molecule has 2 aromatic heterocycles. The number of hydrogen-bond acceptors (Lipinski definition) is 12. The molecule has 0 aliphatic carbocycles. The largest absolute Gasteiger partial charge is 0.465 e. The normalized spacial score (nSPS) is 10.5. The molecule has 0 saturated carbocycles. The van der Waals surface area contributed by atoms with Crippen molar-refractivity contribution in [2.75, 3.05) is 41.4 Å². The van der Waals surface area contributed by atoms with Crippen LogP contribution in [0.15, 0.2) is 10.3 Å². The lowest BCUT2D eigenvalue weighted by Gasteiger charge is -2.06. The minimum atomic E-state index is -0.157. The average molecular weight is 437 g/mol. The maximum Gasteiger partial charge on any atom is 0.294 e. The molecular weight excluding hydrogens is 420 g/mol. The lowest BCUT2D eigenvalue weighted by molar-refractivity contribution is 0.215. The van der Waals surface area contributed by atoms with Gasteiger partial charge in [0.05, 0.1) is 0 Å². The molecule has 0 bridgehead atoms. The van der Waals surface area contributed by atoms with Crippen LogP contribution in [0.5, 0.6) is 10.4 Å². The van der Waals surface area contributed by atoms with Crippen molar-refractivity contribution in [1.29, 1.82) is 0 Å². The predicted octanol–water partition coefficient (Wildman–Crippen LogP) is 2.39. The van der Waals surface area contributed by atoms with Crippen LogP contribution in [0.4, 0.5) is 9.59 Å². The molecule has 2 amide bonds. The molecule has 2 heterocycles. The van der Waals surface area contributed by atoms with Crippen molar-refractivity contribution >= 4 is 57.1 Å². The monoisotopic (exact) mass is 436 g/mol. The number of thioether (sulfide) groups is 2. The van der Waals surface area contributed by atoms with Crippen LogP contribution in [-0.2, 0) is 0 Å². The molecule has 0 saturated heterocycles. The minimum Gasteiger partial charge on any atom is -0.465 e. The van der Waals surface area contributed by atoms with Crippen molar-refractivity contribution in [2.24, 2.45) is 0 Å². The zero-order valence-electron chi connectivity index (χ0n) is 14.4. The van der Waals surface area contributed by atoms with E-state index in [1.165, 1.54) is 9.80 Å². The summed E-state index contributed by atoms with van der Waals surface area (Å²) >= 11 is 3.99. The van der Waals surface area contributed by atoms with Gasteiger partial charge in [-0.3, -0.25) is 9.59 Å². The van der Waals surface area contributed by atoms with E-state index in [1.54, 1.807) is 28.2 Å². The number of rotatable bonds is 7. The topological polar surface area (TPSA) is 111 Å². The van der Waals surface area contributed by atoms with Crippen LogP contribution < -0.4 is 9.47 Å². The SMILES string of the molecule is CN(C)C(=O)Sc1nsc(OCCOc2nc(SC(=O)N(C)C)ns2)n1. The van der Waals surface area contributed by atoms with Gasteiger partial charge in [0.2, 0.25) is 10.3 Å². The third kappa shape index (κ3) is 6.59. The predicted molar refractivity (Wildman–Crippen MR) is 101 cm³/mol. The van der Waals surface area contributed by atoms with E-state index < -0.39 is 0 Å². The first kappa shape index (κ1) is 20.7. The van der Waals surface area contributed by atoms with Crippen molar-refractivity contribution in [3.8, 4) is 10.4 Å². The van der Waals surface area contributed by atoms with Gasteiger partial charge in [0, 0.05) is 74.8 Å². The summed E-state index contributed by atoms with van der Waals surface area (Å²) in [4.78, 5) is 34.2. The second-order valence-electron chi connectivity index (χ2n) is 4.91. The van der Waals surface area contributed by atoms with Gasteiger partial charge in [0.25, 0.3) is 20.9 Å². The third-order valence-electron chi connectivity index (χ3n) is 2.40. The van der Waals surface area contributed by atoms with Crippen LogP contribution >= 0.6 is 46.6 Å². The van der Waals surface area contributed by atoms with Crippen LogP contribution in [-0.4, -0.2) is 80.4 Å². The fraction of sp³-hybridized carbons (Fsp3) is 0.500. The van der Waals surface area contributed by atoms with Crippen molar-refractivity contribution in [3.63, 3.8) is 0 Å². The number of amides is 2. The molecule has 0 radical (unpaired) electrons. The number of nitrogens with zero attached hydrogens (tertiary/aromatic N) is 6. The average Bonchev–Trinajstić information content (AvgIpc) is 3.21. The Kier molecular flexibility index (Phi) is 7.86. The molecule has 2 rings (SSSR count). The highest BCUT2D eigenvalue weighted by molar-refractivity contribution is 8.13. The Bertz CT molecular complexity index is 687. The molecule has 142 valence electrons. The maximum atomic E-state index is 11.6. The first-order valence-corrected chi connectivity index (χ1v) is 10.2. The van der Waals surface area contributed by atoms with E-state index in [0.29, 0.717) is 20.7 Å². The van der Waals surface area contributed by atoms with E-state index in [1.807, 2.05) is 0 Å². The summed E-state index contributed by atoms with van der Waals surface area (Å²) < 4.78 is 18.9. The summed E-state index contributed by atoms with van der Waals surface area (Å²) in [6, 6.07) is 0. The summed E-state index contributed by atoms with van der Waals surface area (Å²) in [6.07, 6.45) is 0. The summed E-state index contributed by atoms with van der Waals surface area (Å²) in [7, 11) is 6.63. The van der Waals surface area contributed by atoms with Crippen molar-refractivity contribution < 1.29 is 19.1 Å². The molecule has 0 aliphatic rings. The van der Waals surface area contributed by atoms with E-state index in [9.17, 15) is 9.59 Å². The van der Waals surface area contributed by atoms with Crippen LogP contribution in [0, 0.1) is 0 Å². The molecule has 26 heavy (non-hydrogen) atoms. The Balaban J connectivity index is 1.71. The lowest BCUT2D eigenvalue weighted by Crippen LogP contribution is -2.16. The van der Waals surface area contributed by atoms with Crippen molar-refractivity contribution in [3.05, 3.63) is 0 Å². The van der Waals surface area contributed by atoms with Gasteiger partial charge >= 0.3 is 0 Å². The first-order valence-electron chi connectivity index (χ1n) is 7.06. The van der Waals surface area contributed by atoms with Crippen LogP contribution in [0.2, 0.25) is 0 Å². The number of carbonyl (C=O) groups excluding carboxylic acids is 2. The lowest BCUT2D eigenvalue weighted by atomic mass is 10.8. The summed E-state index contributed by atoms with van der Waals surface area (Å²) in [5.41, 5.74) is 0. The standard InChI is InChI=1S/C12H16N6O4S4/c1-17(2)11(19)23-7-13-9(25-15-7)21-5-6-22-10-14-8(16-26-10)24-12(20)18(3)4/h5-6H2,1-4H3. The highest BCUT2D eigenvalue weighted by Gasteiger charge is 2.14. The molecule has 0 spiro atoms. The Morgan fingerprint density at radius 1 is 0.846 bits per heavy atom. The quantitative estimate of drug-likeness (QED) is 0.474. The molecule has 0 fully saturated rings. The molecule has 0 atom stereocenters. The molecule has 0 aromatic carbocycles. The Hall–Kier alpha value is -1.64. The number of hydrogen-bond donors (Lipinski definition) is 0. The number of ether oxygens (including phenoxy) is 2. The summed E-state index contributed by atoms with van der Waals surface area (Å²) in [5, 5.41) is 1.09. The molecule has 2 aromatic rings. The number of carbonyl (C=O) groups is 2. The van der Waals surface area contributed by atoms with Gasteiger partial charge in [-0.15, -0.1) is 0 Å². The van der Waals surface area contributed by atoms with Crippen molar-refractivity contribution in [2.45, 2.75) is 10.3 Å². The minimum absolute atomic E-state index is 0.157. The molecule has 0 unspecified atom stereocenters. The van der Waals surface area contributed by atoms with Crippen LogP contribution in [0.1, 0.15) is 0 Å². The molecule has 0 N–H and O–H groups in total. The van der Waals surface area contributed by atoms with Gasteiger partial charge in [-0.2, -0.15) is 18.7 Å².